The SMILES string of the molecule is CC(C)(C)c1ccc(S(=O)(=O)Nc2ccc(Cl)cc2C(=O)c2cc[n+]([O-])cc2)cc1.[Na]. The molecule has 31 heavy (non-hydrogen) atoms. The number of ketones is 1. The fourth-order valence-corrected chi connectivity index (χ4v) is 4.10. The summed E-state index contributed by atoms with van der Waals surface area (Å²) in [6.07, 6.45) is 2.39. The number of rotatable bonds is 5. The summed E-state index contributed by atoms with van der Waals surface area (Å²) in [5.41, 5.74) is 1.32. The number of carbonyl (C=O) groups is 1. The third kappa shape index (κ3) is 6.08. The van der Waals surface area contributed by atoms with Crippen molar-refractivity contribution in [2.24, 2.45) is 0 Å². The number of halogens is 1. The van der Waals surface area contributed by atoms with Gasteiger partial charge >= 0.3 is 0 Å². The Kier molecular flexibility index (Phi) is 7.94. The van der Waals surface area contributed by atoms with Gasteiger partial charge in [-0.15, -0.1) is 0 Å². The van der Waals surface area contributed by atoms with Crippen LogP contribution >= 0.6 is 11.6 Å². The molecule has 0 spiro atoms. The number of anilines is 1. The average Bonchev–Trinajstić information content (AvgIpc) is 2.69. The van der Waals surface area contributed by atoms with E-state index in [-0.39, 0.29) is 61.7 Å². The van der Waals surface area contributed by atoms with Gasteiger partial charge in [0.1, 0.15) is 0 Å². The Bertz CT molecular complexity index is 1190. The zero-order chi connectivity index (χ0) is 22.1. The van der Waals surface area contributed by atoms with E-state index >= 15 is 0 Å². The average molecular weight is 468 g/mol. The Labute approximate surface area is 209 Å². The van der Waals surface area contributed by atoms with E-state index in [1.165, 1.54) is 54.9 Å². The predicted octanol–water partition coefficient (Wildman–Crippen LogP) is 3.92. The maximum absolute atomic E-state index is 12.9. The van der Waals surface area contributed by atoms with Gasteiger partial charge in [-0.1, -0.05) is 44.5 Å². The molecular formula is C22H21ClN2NaO4S. The van der Waals surface area contributed by atoms with Crippen LogP contribution in [-0.4, -0.2) is 43.8 Å². The molecule has 0 saturated carbocycles. The molecule has 3 rings (SSSR count). The second-order valence-corrected chi connectivity index (χ2v) is 9.96. The number of nitrogens with zero attached hydrogens (tertiary/aromatic N) is 1. The van der Waals surface area contributed by atoms with Crippen LogP contribution in [0.3, 0.4) is 0 Å². The zero-order valence-corrected chi connectivity index (χ0v) is 21.3. The van der Waals surface area contributed by atoms with Crippen molar-refractivity contribution >= 4 is 62.7 Å². The molecule has 0 aliphatic carbocycles. The summed E-state index contributed by atoms with van der Waals surface area (Å²) in [6.45, 7) is 6.12. The van der Waals surface area contributed by atoms with Crippen molar-refractivity contribution in [3.05, 3.63) is 93.9 Å². The maximum Gasteiger partial charge on any atom is 0.261 e. The predicted molar refractivity (Wildman–Crippen MR) is 122 cm³/mol. The Morgan fingerprint density at radius 2 is 1.58 bits per heavy atom. The van der Waals surface area contributed by atoms with E-state index in [2.05, 4.69) is 4.72 Å². The number of hydrogen-bond donors (Lipinski definition) is 1. The molecular weight excluding hydrogens is 447 g/mol. The van der Waals surface area contributed by atoms with Crippen LogP contribution in [0.2, 0.25) is 5.02 Å². The van der Waals surface area contributed by atoms with E-state index in [4.69, 9.17) is 11.6 Å². The van der Waals surface area contributed by atoms with Crippen molar-refractivity contribution in [3.8, 4) is 0 Å². The molecule has 0 unspecified atom stereocenters. The van der Waals surface area contributed by atoms with Crippen molar-refractivity contribution in [3.63, 3.8) is 0 Å². The van der Waals surface area contributed by atoms with E-state index in [9.17, 15) is 18.4 Å². The monoisotopic (exact) mass is 467 g/mol. The van der Waals surface area contributed by atoms with E-state index in [0.717, 1.165) is 5.56 Å². The normalized spacial score (nSPS) is 11.5. The van der Waals surface area contributed by atoms with Gasteiger partial charge in [-0.3, -0.25) is 9.52 Å². The minimum absolute atomic E-state index is 0. The Morgan fingerprint density at radius 1 is 1.00 bits per heavy atom. The molecule has 1 heterocycles. The molecule has 0 atom stereocenters. The third-order valence-electron chi connectivity index (χ3n) is 4.57. The van der Waals surface area contributed by atoms with Crippen LogP contribution in [0.4, 0.5) is 5.69 Å². The molecule has 0 bridgehead atoms. The summed E-state index contributed by atoms with van der Waals surface area (Å²) in [5, 5.41) is 11.5. The summed E-state index contributed by atoms with van der Waals surface area (Å²) in [4.78, 5) is 13.0. The molecule has 6 nitrogen and oxygen atoms in total. The summed E-state index contributed by atoms with van der Waals surface area (Å²) < 4.78 is 28.8. The molecule has 1 radical (unpaired) electrons. The minimum atomic E-state index is -3.93. The Balaban J connectivity index is 0.00000341. The second kappa shape index (κ2) is 9.71. The first kappa shape index (κ1) is 25.4. The van der Waals surface area contributed by atoms with Crippen LogP contribution in [0, 0.1) is 5.21 Å². The van der Waals surface area contributed by atoms with Crippen molar-refractivity contribution in [1.29, 1.82) is 0 Å². The molecule has 1 N–H and O–H groups in total. The summed E-state index contributed by atoms with van der Waals surface area (Å²) in [6, 6.07) is 13.6. The van der Waals surface area contributed by atoms with Gasteiger partial charge in [0.15, 0.2) is 18.2 Å². The molecule has 2 aromatic carbocycles. The second-order valence-electron chi connectivity index (χ2n) is 7.85. The minimum Gasteiger partial charge on any atom is -0.619 e. The molecule has 9 heteroatoms. The molecule has 0 amide bonds. The van der Waals surface area contributed by atoms with Crippen LogP contribution in [0.1, 0.15) is 42.3 Å². The molecule has 0 aliphatic rings. The van der Waals surface area contributed by atoms with Crippen LogP contribution in [0.5, 0.6) is 0 Å². The molecule has 0 aliphatic heterocycles. The van der Waals surface area contributed by atoms with Crippen LogP contribution in [-0.2, 0) is 15.4 Å². The zero-order valence-electron chi connectivity index (χ0n) is 17.7. The molecule has 0 saturated heterocycles. The summed E-state index contributed by atoms with van der Waals surface area (Å²) >= 11 is 6.04. The first-order chi connectivity index (χ1) is 14.0. The number of carbonyl (C=O) groups excluding carboxylic acids is 1. The van der Waals surface area contributed by atoms with Gasteiger partial charge in [0.2, 0.25) is 0 Å². The Morgan fingerprint density at radius 3 is 2.13 bits per heavy atom. The molecule has 3 aromatic rings. The van der Waals surface area contributed by atoms with E-state index in [0.29, 0.717) is 4.73 Å². The van der Waals surface area contributed by atoms with Crippen molar-refractivity contribution in [2.75, 3.05) is 4.72 Å². The van der Waals surface area contributed by atoms with Gasteiger partial charge in [0, 0.05) is 57.8 Å². The quantitative estimate of drug-likeness (QED) is 0.266. The van der Waals surface area contributed by atoms with Gasteiger partial charge in [-0.05, 0) is 41.3 Å². The topological polar surface area (TPSA) is 90.2 Å². The first-order valence-corrected chi connectivity index (χ1v) is 11.0. The van der Waals surface area contributed by atoms with E-state index < -0.39 is 15.8 Å². The number of benzene rings is 2. The van der Waals surface area contributed by atoms with Crippen molar-refractivity contribution in [2.45, 2.75) is 31.1 Å². The molecule has 0 fully saturated rings. The maximum atomic E-state index is 12.9. The molecule has 157 valence electrons. The molecule has 1 aromatic heterocycles. The van der Waals surface area contributed by atoms with Crippen LogP contribution in [0.25, 0.3) is 0 Å². The largest absolute Gasteiger partial charge is 0.619 e. The van der Waals surface area contributed by atoms with Gasteiger partial charge < -0.3 is 5.21 Å². The number of aromatic nitrogens is 1. The van der Waals surface area contributed by atoms with Gasteiger partial charge in [0.05, 0.1) is 10.6 Å². The summed E-state index contributed by atoms with van der Waals surface area (Å²) in [7, 11) is -3.93. The smallest absolute Gasteiger partial charge is 0.261 e. The fourth-order valence-electron chi connectivity index (χ4n) is 2.85. The number of nitrogens with one attached hydrogen (secondary N) is 1. The van der Waals surface area contributed by atoms with Gasteiger partial charge in [-0.2, -0.15) is 4.73 Å². The summed E-state index contributed by atoms with van der Waals surface area (Å²) in [5.74, 6) is -0.459. The number of hydrogen-bond acceptors (Lipinski definition) is 4. The van der Waals surface area contributed by atoms with Crippen LogP contribution < -0.4 is 9.45 Å². The van der Waals surface area contributed by atoms with Crippen molar-refractivity contribution < 1.29 is 17.9 Å². The van der Waals surface area contributed by atoms with E-state index in [1.54, 1.807) is 12.1 Å². The van der Waals surface area contributed by atoms with Crippen LogP contribution in [0.15, 0.2) is 71.9 Å². The number of sulfonamides is 1. The Hall–Kier alpha value is -1.90. The van der Waals surface area contributed by atoms with Crippen molar-refractivity contribution in [1.82, 2.24) is 0 Å². The standard InChI is InChI=1S/C22H21ClN2O4S.Na/c1-22(2,3)16-4-7-18(8-5-16)30(28,29)24-20-9-6-17(23)14-19(20)21(26)15-10-12-25(27)13-11-15;/h4-14,24H,1-3H3;. The van der Waals surface area contributed by atoms with E-state index in [1.807, 2.05) is 20.8 Å². The van der Waals surface area contributed by atoms with Gasteiger partial charge in [0.25, 0.3) is 10.0 Å². The number of pyridine rings is 1. The third-order valence-corrected chi connectivity index (χ3v) is 6.18. The fraction of sp³-hybridized carbons (Fsp3) is 0.182. The van der Waals surface area contributed by atoms with Gasteiger partial charge in [-0.25, -0.2) is 8.42 Å². The first-order valence-electron chi connectivity index (χ1n) is 9.14.